The largest absolute Gasteiger partial charge is 0.457 e. The number of fused-ring (bicyclic) bond motifs is 1. The molecule has 1 N–H and O–H groups in total. The van der Waals surface area contributed by atoms with Crippen LogP contribution in [0.2, 0.25) is 0 Å². The SMILES string of the molecule is C=CC1=C(C=C)N(C(=O)NC)c2ccccc2[C@@H](OC(C)=O)C1.CC. The third-order valence-corrected chi connectivity index (χ3v) is 3.66. The maximum absolute atomic E-state index is 12.4. The molecule has 1 atom stereocenters. The van der Waals surface area contributed by atoms with Crippen LogP contribution in [0.5, 0.6) is 0 Å². The van der Waals surface area contributed by atoms with E-state index in [1.165, 1.54) is 11.8 Å². The van der Waals surface area contributed by atoms with E-state index in [-0.39, 0.29) is 12.0 Å². The van der Waals surface area contributed by atoms with Gasteiger partial charge in [-0.1, -0.05) is 51.3 Å². The molecule has 0 aromatic heterocycles. The Kier molecular flexibility index (Phi) is 7.66. The molecule has 0 radical (unpaired) electrons. The molecule has 0 saturated heterocycles. The number of allylic oxidation sites excluding steroid dienone is 2. The quantitative estimate of drug-likeness (QED) is 0.823. The van der Waals surface area contributed by atoms with Crippen molar-refractivity contribution in [3.63, 3.8) is 0 Å². The van der Waals surface area contributed by atoms with E-state index < -0.39 is 6.10 Å². The number of para-hydroxylation sites is 1. The highest BCUT2D eigenvalue weighted by molar-refractivity contribution is 5.97. The Bertz CT molecular complexity index is 692. The second kappa shape index (κ2) is 9.47. The number of anilines is 1. The molecule has 2 amide bonds. The highest BCUT2D eigenvalue weighted by Crippen LogP contribution is 2.40. The van der Waals surface area contributed by atoms with Crippen molar-refractivity contribution in [2.75, 3.05) is 11.9 Å². The van der Waals surface area contributed by atoms with Crippen LogP contribution in [0, 0.1) is 0 Å². The van der Waals surface area contributed by atoms with E-state index in [2.05, 4.69) is 18.5 Å². The Hall–Kier alpha value is -2.82. The molecule has 1 aliphatic heterocycles. The highest BCUT2D eigenvalue weighted by Gasteiger charge is 2.31. The summed E-state index contributed by atoms with van der Waals surface area (Å²) >= 11 is 0. The van der Waals surface area contributed by atoms with Crippen molar-refractivity contribution < 1.29 is 14.3 Å². The third-order valence-electron chi connectivity index (χ3n) is 3.66. The van der Waals surface area contributed by atoms with Gasteiger partial charge in [0.05, 0.1) is 11.4 Å². The zero-order chi connectivity index (χ0) is 19.0. The third kappa shape index (κ3) is 4.38. The van der Waals surface area contributed by atoms with Gasteiger partial charge < -0.3 is 10.1 Å². The van der Waals surface area contributed by atoms with Crippen molar-refractivity contribution in [2.24, 2.45) is 0 Å². The monoisotopic (exact) mass is 342 g/mol. The van der Waals surface area contributed by atoms with Gasteiger partial charge in [0.2, 0.25) is 0 Å². The van der Waals surface area contributed by atoms with Crippen molar-refractivity contribution in [3.05, 3.63) is 66.4 Å². The Labute approximate surface area is 149 Å². The Balaban J connectivity index is 0.00000151. The summed E-state index contributed by atoms with van der Waals surface area (Å²) in [5.41, 5.74) is 2.83. The average molecular weight is 342 g/mol. The number of carbonyl (C=O) groups excluding carboxylic acids is 2. The molecule has 25 heavy (non-hydrogen) atoms. The molecular weight excluding hydrogens is 316 g/mol. The number of carbonyl (C=O) groups is 2. The van der Waals surface area contributed by atoms with Crippen LogP contribution in [0.3, 0.4) is 0 Å². The van der Waals surface area contributed by atoms with Gasteiger partial charge in [0, 0.05) is 26.0 Å². The molecule has 0 fully saturated rings. The van der Waals surface area contributed by atoms with Crippen molar-refractivity contribution in [2.45, 2.75) is 33.3 Å². The summed E-state index contributed by atoms with van der Waals surface area (Å²) < 4.78 is 5.47. The van der Waals surface area contributed by atoms with Gasteiger partial charge in [0.15, 0.2) is 0 Å². The van der Waals surface area contributed by atoms with Gasteiger partial charge in [0.1, 0.15) is 6.10 Å². The normalized spacial score (nSPS) is 15.8. The second-order valence-corrected chi connectivity index (χ2v) is 5.07. The smallest absolute Gasteiger partial charge is 0.326 e. The fourth-order valence-electron chi connectivity index (χ4n) is 2.70. The fourth-order valence-corrected chi connectivity index (χ4v) is 2.70. The molecule has 0 aliphatic carbocycles. The van der Waals surface area contributed by atoms with E-state index in [9.17, 15) is 9.59 Å². The highest BCUT2D eigenvalue weighted by atomic mass is 16.5. The Morgan fingerprint density at radius 1 is 1.24 bits per heavy atom. The van der Waals surface area contributed by atoms with E-state index in [0.717, 1.165) is 11.1 Å². The summed E-state index contributed by atoms with van der Waals surface area (Å²) in [4.78, 5) is 25.4. The van der Waals surface area contributed by atoms with E-state index in [1.807, 2.05) is 38.1 Å². The molecule has 1 aromatic rings. The lowest BCUT2D eigenvalue weighted by Gasteiger charge is -2.25. The summed E-state index contributed by atoms with van der Waals surface area (Å²) in [6.45, 7) is 13.0. The van der Waals surface area contributed by atoms with E-state index in [1.54, 1.807) is 19.2 Å². The molecule has 2 rings (SSSR count). The fraction of sp³-hybridized carbons (Fsp3) is 0.300. The van der Waals surface area contributed by atoms with Gasteiger partial charge in [0.25, 0.3) is 0 Å². The van der Waals surface area contributed by atoms with Gasteiger partial charge in [-0.25, -0.2) is 4.79 Å². The molecule has 5 heteroatoms. The summed E-state index contributed by atoms with van der Waals surface area (Å²) in [7, 11) is 1.56. The maximum atomic E-state index is 12.4. The van der Waals surface area contributed by atoms with Crippen LogP contribution in [0.15, 0.2) is 60.8 Å². The lowest BCUT2D eigenvalue weighted by atomic mass is 10.0. The lowest BCUT2D eigenvalue weighted by Crippen LogP contribution is -2.37. The van der Waals surface area contributed by atoms with Gasteiger partial charge in [-0.15, -0.1) is 0 Å². The second-order valence-electron chi connectivity index (χ2n) is 5.07. The van der Waals surface area contributed by atoms with Crippen molar-refractivity contribution in [3.8, 4) is 0 Å². The van der Waals surface area contributed by atoms with Crippen LogP contribution in [0.1, 0.15) is 38.9 Å². The predicted molar refractivity (Wildman–Crippen MR) is 101 cm³/mol. The minimum atomic E-state index is -0.485. The number of rotatable bonds is 3. The van der Waals surface area contributed by atoms with Crippen molar-refractivity contribution >= 4 is 17.7 Å². The summed E-state index contributed by atoms with van der Waals surface area (Å²) in [6, 6.07) is 7.06. The predicted octanol–water partition coefficient (Wildman–Crippen LogP) is 4.49. The molecule has 134 valence electrons. The summed E-state index contributed by atoms with van der Waals surface area (Å²) in [5.74, 6) is -0.373. The number of hydrogen-bond acceptors (Lipinski definition) is 3. The minimum Gasteiger partial charge on any atom is -0.457 e. The summed E-state index contributed by atoms with van der Waals surface area (Å²) in [6.07, 6.45) is 3.21. The molecule has 5 nitrogen and oxygen atoms in total. The number of nitrogens with zero attached hydrogens (tertiary/aromatic N) is 1. The summed E-state index contributed by atoms with van der Waals surface area (Å²) in [5, 5.41) is 2.63. The average Bonchev–Trinajstić information content (AvgIpc) is 2.76. The van der Waals surface area contributed by atoms with Crippen LogP contribution in [0.25, 0.3) is 0 Å². The standard InChI is InChI=1S/C18H20N2O3.C2H6/c1-5-13-11-17(23-12(3)21)14-9-7-8-10-16(14)20(15(13)6-2)18(22)19-4;1-2/h5-10,17H,1-2,11H2,3-4H3,(H,19,22);1-2H3/t17-;/m0./s1. The van der Waals surface area contributed by atoms with Gasteiger partial charge in [-0.2, -0.15) is 0 Å². The lowest BCUT2D eigenvalue weighted by molar-refractivity contribution is -0.146. The molecule has 0 saturated carbocycles. The molecule has 0 bridgehead atoms. The van der Waals surface area contributed by atoms with E-state index in [0.29, 0.717) is 17.8 Å². The van der Waals surface area contributed by atoms with E-state index in [4.69, 9.17) is 4.74 Å². The molecule has 0 unspecified atom stereocenters. The molecule has 1 heterocycles. The molecule has 1 aromatic carbocycles. The van der Waals surface area contributed by atoms with Crippen LogP contribution >= 0.6 is 0 Å². The van der Waals surface area contributed by atoms with Crippen LogP contribution in [0.4, 0.5) is 10.5 Å². The number of esters is 1. The van der Waals surface area contributed by atoms with Gasteiger partial charge in [-0.3, -0.25) is 9.69 Å². The van der Waals surface area contributed by atoms with Crippen LogP contribution in [-0.2, 0) is 9.53 Å². The first-order chi connectivity index (χ1) is 12.0. The maximum Gasteiger partial charge on any atom is 0.326 e. The number of urea groups is 1. The molecule has 1 aliphatic rings. The number of amides is 2. The number of ether oxygens (including phenoxy) is 1. The number of benzene rings is 1. The zero-order valence-corrected chi connectivity index (χ0v) is 15.3. The van der Waals surface area contributed by atoms with Crippen LogP contribution < -0.4 is 10.2 Å². The van der Waals surface area contributed by atoms with Crippen molar-refractivity contribution in [1.82, 2.24) is 5.32 Å². The first-order valence-corrected chi connectivity index (χ1v) is 8.29. The minimum absolute atomic E-state index is 0.296. The topological polar surface area (TPSA) is 58.6 Å². The molecular formula is C20H26N2O3. The zero-order valence-electron chi connectivity index (χ0n) is 15.3. The van der Waals surface area contributed by atoms with Gasteiger partial charge in [-0.05, 0) is 17.7 Å². The number of hydrogen-bond donors (Lipinski definition) is 1. The van der Waals surface area contributed by atoms with Gasteiger partial charge >= 0.3 is 12.0 Å². The Morgan fingerprint density at radius 2 is 1.88 bits per heavy atom. The first-order valence-electron chi connectivity index (χ1n) is 8.29. The van der Waals surface area contributed by atoms with Crippen molar-refractivity contribution in [1.29, 1.82) is 0 Å². The first kappa shape index (κ1) is 20.2. The Morgan fingerprint density at radius 3 is 2.40 bits per heavy atom. The van der Waals surface area contributed by atoms with E-state index >= 15 is 0 Å². The van der Waals surface area contributed by atoms with Crippen LogP contribution in [-0.4, -0.2) is 19.0 Å². The molecule has 0 spiro atoms. The number of nitrogens with one attached hydrogen (secondary N) is 1.